The highest BCUT2D eigenvalue weighted by Gasteiger charge is 2.35. The monoisotopic (exact) mass is 341 g/mol. The third kappa shape index (κ3) is 3.19. The number of ether oxygens (including phenoxy) is 1. The van der Waals surface area contributed by atoms with Crippen molar-refractivity contribution in [3.05, 3.63) is 76.8 Å². The van der Waals surface area contributed by atoms with E-state index in [4.69, 9.17) is 16.3 Å². The van der Waals surface area contributed by atoms with Crippen LogP contribution in [0.15, 0.2) is 60.7 Å². The Balaban J connectivity index is 1.91. The van der Waals surface area contributed by atoms with Crippen molar-refractivity contribution in [1.29, 1.82) is 0 Å². The van der Waals surface area contributed by atoms with Crippen LogP contribution in [0.25, 0.3) is 5.57 Å². The van der Waals surface area contributed by atoms with Crippen LogP contribution >= 0.6 is 11.6 Å². The molecule has 0 saturated heterocycles. The topological polar surface area (TPSA) is 46.6 Å². The standard InChI is InChI=1S/C19H16ClNO3/c1-24-19(23)17-11-15(13-7-9-16(20)10-8-13)12-21(17)18(22)14-5-3-2-4-6-14/h2-11,17H,12H2,1H3/t17-/m1/s1. The van der Waals surface area contributed by atoms with Crippen LogP contribution in [0.5, 0.6) is 0 Å². The lowest BCUT2D eigenvalue weighted by molar-refractivity contribution is -0.143. The Bertz CT molecular complexity index is 784. The van der Waals surface area contributed by atoms with Crippen molar-refractivity contribution in [2.24, 2.45) is 0 Å². The zero-order valence-electron chi connectivity index (χ0n) is 13.1. The molecule has 5 heteroatoms. The van der Waals surface area contributed by atoms with E-state index in [9.17, 15) is 9.59 Å². The number of amides is 1. The van der Waals surface area contributed by atoms with Gasteiger partial charge < -0.3 is 9.64 Å². The maximum absolute atomic E-state index is 12.8. The van der Waals surface area contributed by atoms with Crippen molar-refractivity contribution in [3.63, 3.8) is 0 Å². The average Bonchev–Trinajstić information content (AvgIpc) is 3.07. The molecule has 0 spiro atoms. The van der Waals surface area contributed by atoms with Gasteiger partial charge in [0, 0.05) is 17.1 Å². The second-order valence-electron chi connectivity index (χ2n) is 5.47. The first-order chi connectivity index (χ1) is 11.6. The summed E-state index contributed by atoms with van der Waals surface area (Å²) in [6.45, 7) is 0.342. The van der Waals surface area contributed by atoms with E-state index in [1.165, 1.54) is 12.0 Å². The number of hydrogen-bond donors (Lipinski definition) is 0. The number of carbonyl (C=O) groups excluding carboxylic acids is 2. The lowest BCUT2D eigenvalue weighted by atomic mass is 10.1. The second-order valence-corrected chi connectivity index (χ2v) is 5.90. The summed E-state index contributed by atoms with van der Waals surface area (Å²) in [5.41, 5.74) is 2.36. The number of methoxy groups -OCH3 is 1. The molecule has 4 nitrogen and oxygen atoms in total. The van der Waals surface area contributed by atoms with Gasteiger partial charge in [-0.05, 0) is 41.5 Å². The highest BCUT2D eigenvalue weighted by Crippen LogP contribution is 2.28. The van der Waals surface area contributed by atoms with E-state index in [0.717, 1.165) is 11.1 Å². The minimum Gasteiger partial charge on any atom is -0.467 e. The fourth-order valence-electron chi connectivity index (χ4n) is 2.73. The molecule has 24 heavy (non-hydrogen) atoms. The number of rotatable bonds is 3. The summed E-state index contributed by atoms with van der Waals surface area (Å²) in [5.74, 6) is -0.658. The summed E-state index contributed by atoms with van der Waals surface area (Å²) in [4.78, 5) is 26.4. The van der Waals surface area contributed by atoms with E-state index < -0.39 is 12.0 Å². The van der Waals surface area contributed by atoms with Crippen molar-refractivity contribution < 1.29 is 14.3 Å². The lowest BCUT2D eigenvalue weighted by Gasteiger charge is -2.23. The highest BCUT2D eigenvalue weighted by molar-refractivity contribution is 6.30. The van der Waals surface area contributed by atoms with Crippen molar-refractivity contribution in [1.82, 2.24) is 4.90 Å². The molecule has 1 amide bonds. The fourth-order valence-corrected chi connectivity index (χ4v) is 2.85. The van der Waals surface area contributed by atoms with Gasteiger partial charge >= 0.3 is 5.97 Å². The van der Waals surface area contributed by atoms with E-state index in [-0.39, 0.29) is 5.91 Å². The normalized spacial score (nSPS) is 16.7. The molecule has 0 bridgehead atoms. The van der Waals surface area contributed by atoms with Crippen LogP contribution in [-0.2, 0) is 9.53 Å². The van der Waals surface area contributed by atoms with Gasteiger partial charge in [-0.1, -0.05) is 41.9 Å². The number of carbonyl (C=O) groups is 2. The fraction of sp³-hybridized carbons (Fsp3) is 0.158. The number of nitrogens with zero attached hydrogens (tertiary/aromatic N) is 1. The van der Waals surface area contributed by atoms with Crippen LogP contribution in [0.1, 0.15) is 15.9 Å². The molecule has 2 aromatic carbocycles. The first-order valence-corrected chi connectivity index (χ1v) is 7.88. The molecule has 122 valence electrons. The molecular formula is C19H16ClNO3. The minimum atomic E-state index is -0.728. The van der Waals surface area contributed by atoms with Crippen molar-refractivity contribution in [3.8, 4) is 0 Å². The Labute approximate surface area is 145 Å². The van der Waals surface area contributed by atoms with E-state index in [1.807, 2.05) is 18.2 Å². The molecule has 1 aliphatic rings. The highest BCUT2D eigenvalue weighted by atomic mass is 35.5. The van der Waals surface area contributed by atoms with Gasteiger partial charge in [0.05, 0.1) is 7.11 Å². The summed E-state index contributed by atoms with van der Waals surface area (Å²) in [5, 5.41) is 0.638. The molecule has 0 radical (unpaired) electrons. The molecule has 1 aliphatic heterocycles. The molecule has 1 heterocycles. The van der Waals surface area contributed by atoms with Crippen LogP contribution < -0.4 is 0 Å². The Morgan fingerprint density at radius 1 is 1.08 bits per heavy atom. The van der Waals surface area contributed by atoms with Gasteiger partial charge in [0.1, 0.15) is 6.04 Å². The number of benzene rings is 2. The Hall–Kier alpha value is -2.59. The van der Waals surface area contributed by atoms with Gasteiger partial charge in [0.15, 0.2) is 0 Å². The predicted molar refractivity (Wildman–Crippen MR) is 92.7 cm³/mol. The number of esters is 1. The molecule has 3 rings (SSSR count). The smallest absolute Gasteiger partial charge is 0.332 e. The lowest BCUT2D eigenvalue weighted by Crippen LogP contribution is -2.41. The van der Waals surface area contributed by atoms with Gasteiger partial charge in [0.25, 0.3) is 5.91 Å². The van der Waals surface area contributed by atoms with Crippen molar-refractivity contribution in [2.45, 2.75) is 6.04 Å². The summed E-state index contributed by atoms with van der Waals surface area (Å²) in [7, 11) is 1.32. The summed E-state index contributed by atoms with van der Waals surface area (Å²) in [6.07, 6.45) is 1.77. The summed E-state index contributed by atoms with van der Waals surface area (Å²) < 4.78 is 4.86. The van der Waals surface area contributed by atoms with Crippen LogP contribution in [0.3, 0.4) is 0 Å². The zero-order valence-corrected chi connectivity index (χ0v) is 13.9. The van der Waals surface area contributed by atoms with Crippen LogP contribution in [0, 0.1) is 0 Å². The van der Waals surface area contributed by atoms with E-state index in [1.54, 1.807) is 42.5 Å². The first-order valence-electron chi connectivity index (χ1n) is 7.50. The zero-order chi connectivity index (χ0) is 17.1. The quantitative estimate of drug-likeness (QED) is 0.804. The van der Waals surface area contributed by atoms with E-state index >= 15 is 0 Å². The SMILES string of the molecule is COC(=O)[C@H]1C=C(c2ccc(Cl)cc2)CN1C(=O)c1ccccc1. The summed E-state index contributed by atoms with van der Waals surface area (Å²) in [6, 6.07) is 15.5. The van der Waals surface area contributed by atoms with Gasteiger partial charge in [-0.3, -0.25) is 4.79 Å². The van der Waals surface area contributed by atoms with Crippen molar-refractivity contribution in [2.75, 3.05) is 13.7 Å². The van der Waals surface area contributed by atoms with Crippen LogP contribution in [0.4, 0.5) is 0 Å². The number of halogens is 1. The molecule has 0 N–H and O–H groups in total. The molecule has 0 fully saturated rings. The maximum atomic E-state index is 12.8. The summed E-state index contributed by atoms with van der Waals surface area (Å²) >= 11 is 5.92. The first kappa shape index (κ1) is 16.3. The Kier molecular flexibility index (Phi) is 4.67. The van der Waals surface area contributed by atoms with Crippen LogP contribution in [0.2, 0.25) is 5.02 Å². The maximum Gasteiger partial charge on any atom is 0.332 e. The third-order valence-electron chi connectivity index (χ3n) is 3.97. The van der Waals surface area contributed by atoms with E-state index in [2.05, 4.69) is 0 Å². The molecule has 0 aliphatic carbocycles. The second kappa shape index (κ2) is 6.89. The van der Waals surface area contributed by atoms with E-state index in [0.29, 0.717) is 17.1 Å². The van der Waals surface area contributed by atoms with Gasteiger partial charge in [-0.15, -0.1) is 0 Å². The van der Waals surface area contributed by atoms with Gasteiger partial charge in [-0.2, -0.15) is 0 Å². The molecule has 0 unspecified atom stereocenters. The minimum absolute atomic E-state index is 0.203. The molecule has 0 saturated carbocycles. The third-order valence-corrected chi connectivity index (χ3v) is 4.23. The molecule has 0 aromatic heterocycles. The van der Waals surface area contributed by atoms with Gasteiger partial charge in [0.2, 0.25) is 0 Å². The van der Waals surface area contributed by atoms with Crippen LogP contribution in [-0.4, -0.2) is 36.5 Å². The van der Waals surface area contributed by atoms with Gasteiger partial charge in [-0.25, -0.2) is 4.79 Å². The predicted octanol–water partition coefficient (Wildman–Crippen LogP) is 3.42. The average molecular weight is 342 g/mol. The molecule has 1 atom stereocenters. The Morgan fingerprint density at radius 2 is 1.75 bits per heavy atom. The molecular weight excluding hydrogens is 326 g/mol. The molecule has 2 aromatic rings. The van der Waals surface area contributed by atoms with Crippen molar-refractivity contribution >= 4 is 29.1 Å². The number of hydrogen-bond acceptors (Lipinski definition) is 3. The largest absolute Gasteiger partial charge is 0.467 e. The Morgan fingerprint density at radius 3 is 2.38 bits per heavy atom.